The summed E-state index contributed by atoms with van der Waals surface area (Å²) in [5, 5.41) is 3.80. The molecule has 0 saturated carbocycles. The highest BCUT2D eigenvalue weighted by Gasteiger charge is 2.21. The number of nitrogens with zero attached hydrogens (tertiary/aromatic N) is 2. The first-order valence-corrected chi connectivity index (χ1v) is 8.76. The van der Waals surface area contributed by atoms with E-state index < -0.39 is 0 Å². The van der Waals surface area contributed by atoms with E-state index in [9.17, 15) is 4.79 Å². The molecule has 4 nitrogen and oxygen atoms in total. The van der Waals surface area contributed by atoms with E-state index in [4.69, 9.17) is 11.6 Å². The van der Waals surface area contributed by atoms with Crippen LogP contribution in [0.1, 0.15) is 41.6 Å². The van der Waals surface area contributed by atoms with E-state index in [1.54, 1.807) is 0 Å². The number of rotatable bonds is 7. The molecule has 0 bridgehead atoms. The average molecular weight is 348 g/mol. The van der Waals surface area contributed by atoms with E-state index in [-0.39, 0.29) is 11.9 Å². The van der Waals surface area contributed by atoms with Crippen LogP contribution in [-0.2, 0) is 7.05 Å². The standard InChI is InChI=1S/C19H26ClN3O/c1-5-23(6-2)18(15-9-7-8-10-16(15)20)13-21-19(24)17-12-11-14(3)22(17)4/h7-12,18H,5-6,13H2,1-4H3,(H,21,24). The minimum Gasteiger partial charge on any atom is -0.349 e. The van der Waals surface area contributed by atoms with E-state index in [1.165, 1.54) is 0 Å². The number of aromatic nitrogens is 1. The Hall–Kier alpha value is -1.78. The predicted octanol–water partition coefficient (Wildman–Crippen LogP) is 3.80. The summed E-state index contributed by atoms with van der Waals surface area (Å²) < 4.78 is 1.90. The van der Waals surface area contributed by atoms with Crippen molar-refractivity contribution in [2.24, 2.45) is 7.05 Å². The van der Waals surface area contributed by atoms with E-state index >= 15 is 0 Å². The van der Waals surface area contributed by atoms with Gasteiger partial charge in [-0.3, -0.25) is 9.69 Å². The lowest BCUT2D eigenvalue weighted by Gasteiger charge is -2.31. The highest BCUT2D eigenvalue weighted by atomic mass is 35.5. The first-order chi connectivity index (χ1) is 11.5. The van der Waals surface area contributed by atoms with Gasteiger partial charge >= 0.3 is 0 Å². The zero-order chi connectivity index (χ0) is 17.7. The molecule has 1 unspecified atom stereocenters. The maximum absolute atomic E-state index is 12.5. The number of halogens is 1. The van der Waals surface area contributed by atoms with Crippen LogP contribution >= 0.6 is 11.6 Å². The van der Waals surface area contributed by atoms with Crippen LogP contribution in [0.4, 0.5) is 0 Å². The summed E-state index contributed by atoms with van der Waals surface area (Å²) in [4.78, 5) is 14.8. The molecular weight excluding hydrogens is 322 g/mol. The summed E-state index contributed by atoms with van der Waals surface area (Å²) in [5.74, 6) is -0.0604. The van der Waals surface area contributed by atoms with Gasteiger partial charge in [-0.15, -0.1) is 0 Å². The number of nitrogens with one attached hydrogen (secondary N) is 1. The number of aryl methyl sites for hydroxylation is 1. The summed E-state index contributed by atoms with van der Waals surface area (Å²) in [5.41, 5.74) is 2.78. The number of carbonyl (C=O) groups is 1. The van der Waals surface area contributed by atoms with Gasteiger partial charge in [0.15, 0.2) is 0 Å². The van der Waals surface area contributed by atoms with Gasteiger partial charge < -0.3 is 9.88 Å². The maximum Gasteiger partial charge on any atom is 0.267 e. The second-order valence-corrected chi connectivity index (χ2v) is 6.29. The average Bonchev–Trinajstić information content (AvgIpc) is 2.91. The van der Waals surface area contributed by atoms with Gasteiger partial charge in [-0.25, -0.2) is 0 Å². The molecule has 0 fully saturated rings. The van der Waals surface area contributed by atoms with Gasteiger partial charge in [0.05, 0.1) is 6.04 Å². The first-order valence-electron chi connectivity index (χ1n) is 8.38. The largest absolute Gasteiger partial charge is 0.349 e. The third-order valence-electron chi connectivity index (χ3n) is 4.58. The van der Waals surface area contributed by atoms with Crippen molar-refractivity contribution in [1.29, 1.82) is 0 Å². The van der Waals surface area contributed by atoms with Gasteiger partial charge in [-0.05, 0) is 43.8 Å². The van der Waals surface area contributed by atoms with Crippen molar-refractivity contribution in [3.05, 3.63) is 58.4 Å². The summed E-state index contributed by atoms with van der Waals surface area (Å²) in [6.45, 7) is 8.54. The number of hydrogen-bond donors (Lipinski definition) is 1. The molecule has 24 heavy (non-hydrogen) atoms. The van der Waals surface area contributed by atoms with E-state index in [1.807, 2.05) is 54.9 Å². The fourth-order valence-corrected chi connectivity index (χ4v) is 3.23. The van der Waals surface area contributed by atoms with Gasteiger partial charge in [-0.1, -0.05) is 43.6 Å². The Labute approximate surface area is 149 Å². The summed E-state index contributed by atoms with van der Waals surface area (Å²) >= 11 is 6.39. The molecule has 0 aliphatic carbocycles. The van der Waals surface area contributed by atoms with Crippen LogP contribution in [0, 0.1) is 6.92 Å². The number of amides is 1. The van der Waals surface area contributed by atoms with Crippen LogP contribution in [0.15, 0.2) is 36.4 Å². The summed E-state index contributed by atoms with van der Waals surface area (Å²) in [7, 11) is 1.90. The summed E-state index contributed by atoms with van der Waals surface area (Å²) in [6.07, 6.45) is 0. The molecule has 5 heteroatoms. The monoisotopic (exact) mass is 347 g/mol. The van der Waals surface area contributed by atoms with Crippen molar-refractivity contribution < 1.29 is 4.79 Å². The van der Waals surface area contributed by atoms with Gasteiger partial charge in [-0.2, -0.15) is 0 Å². The highest BCUT2D eigenvalue weighted by molar-refractivity contribution is 6.31. The molecule has 0 saturated heterocycles. The zero-order valence-corrected chi connectivity index (χ0v) is 15.6. The zero-order valence-electron chi connectivity index (χ0n) is 14.8. The van der Waals surface area contributed by atoms with Crippen molar-refractivity contribution in [1.82, 2.24) is 14.8 Å². The van der Waals surface area contributed by atoms with Crippen molar-refractivity contribution in [2.75, 3.05) is 19.6 Å². The second-order valence-electron chi connectivity index (χ2n) is 5.89. The fraction of sp³-hybridized carbons (Fsp3) is 0.421. The molecule has 2 rings (SSSR count). The number of hydrogen-bond acceptors (Lipinski definition) is 2. The summed E-state index contributed by atoms with van der Waals surface area (Å²) in [6, 6.07) is 11.7. The minimum absolute atomic E-state index is 0.0546. The van der Waals surface area contributed by atoms with Crippen LogP contribution in [0.3, 0.4) is 0 Å². The third kappa shape index (κ3) is 4.00. The molecule has 0 radical (unpaired) electrons. The quantitative estimate of drug-likeness (QED) is 0.827. The van der Waals surface area contributed by atoms with Crippen molar-refractivity contribution in [2.45, 2.75) is 26.8 Å². The Morgan fingerprint density at radius 1 is 1.21 bits per heavy atom. The SMILES string of the molecule is CCN(CC)C(CNC(=O)c1ccc(C)n1C)c1ccccc1Cl. The molecule has 2 aromatic rings. The predicted molar refractivity (Wildman–Crippen MR) is 99.6 cm³/mol. The molecule has 1 aromatic heterocycles. The Kier molecular flexibility index (Phi) is 6.46. The van der Waals surface area contributed by atoms with E-state index in [2.05, 4.69) is 24.1 Å². The Bertz CT molecular complexity index is 692. The lowest BCUT2D eigenvalue weighted by atomic mass is 10.0. The smallest absolute Gasteiger partial charge is 0.267 e. The van der Waals surface area contributed by atoms with Crippen molar-refractivity contribution in [3.8, 4) is 0 Å². The maximum atomic E-state index is 12.5. The molecule has 130 valence electrons. The molecule has 1 amide bonds. The van der Waals surface area contributed by atoms with Gasteiger partial charge in [0, 0.05) is 24.3 Å². The molecule has 1 atom stereocenters. The molecule has 0 aliphatic rings. The fourth-order valence-electron chi connectivity index (χ4n) is 2.97. The van der Waals surface area contributed by atoms with Crippen LogP contribution in [0.5, 0.6) is 0 Å². The highest BCUT2D eigenvalue weighted by Crippen LogP contribution is 2.27. The van der Waals surface area contributed by atoms with E-state index in [0.29, 0.717) is 12.2 Å². The lowest BCUT2D eigenvalue weighted by molar-refractivity contribution is 0.0926. The van der Waals surface area contributed by atoms with Crippen LogP contribution in [0.25, 0.3) is 0 Å². The molecule has 1 heterocycles. The molecule has 1 N–H and O–H groups in total. The Morgan fingerprint density at radius 3 is 2.42 bits per heavy atom. The van der Waals surface area contributed by atoms with Crippen LogP contribution in [-0.4, -0.2) is 35.0 Å². The number of carbonyl (C=O) groups excluding carboxylic acids is 1. The molecular formula is C19H26ClN3O. The van der Waals surface area contributed by atoms with Gasteiger partial charge in [0.1, 0.15) is 5.69 Å². The lowest BCUT2D eigenvalue weighted by Crippen LogP contribution is -2.38. The van der Waals surface area contributed by atoms with Crippen LogP contribution < -0.4 is 5.32 Å². The normalized spacial score (nSPS) is 12.4. The second kappa shape index (κ2) is 8.36. The van der Waals surface area contributed by atoms with E-state index in [0.717, 1.165) is 29.4 Å². The molecule has 1 aromatic carbocycles. The number of likely N-dealkylation sites (N-methyl/N-ethyl adjacent to an activating group) is 1. The molecule has 0 aliphatic heterocycles. The minimum atomic E-state index is -0.0604. The Morgan fingerprint density at radius 2 is 1.88 bits per heavy atom. The third-order valence-corrected chi connectivity index (χ3v) is 4.92. The number of benzene rings is 1. The van der Waals surface area contributed by atoms with Gasteiger partial charge in [0.25, 0.3) is 5.91 Å². The van der Waals surface area contributed by atoms with Crippen molar-refractivity contribution >= 4 is 17.5 Å². The van der Waals surface area contributed by atoms with Gasteiger partial charge in [0.2, 0.25) is 0 Å². The van der Waals surface area contributed by atoms with Crippen LogP contribution in [0.2, 0.25) is 5.02 Å². The molecule has 0 spiro atoms. The van der Waals surface area contributed by atoms with Crippen molar-refractivity contribution in [3.63, 3.8) is 0 Å². The Balaban J connectivity index is 2.18. The first kappa shape index (κ1) is 18.6. The topological polar surface area (TPSA) is 37.3 Å².